The maximum atomic E-state index is 12.2. The molecule has 1 aromatic rings. The summed E-state index contributed by atoms with van der Waals surface area (Å²) in [6.45, 7) is 0.611. The predicted octanol–water partition coefficient (Wildman–Crippen LogP) is 4.26. The van der Waals surface area contributed by atoms with Gasteiger partial charge in [-0.1, -0.05) is 40.2 Å². The molecule has 0 aliphatic rings. The summed E-state index contributed by atoms with van der Waals surface area (Å²) in [5.41, 5.74) is 1.70. The Labute approximate surface area is 107 Å². The number of halogens is 4. The van der Waals surface area contributed by atoms with Gasteiger partial charge in [0.15, 0.2) is 0 Å². The quantitative estimate of drug-likeness (QED) is 0.738. The van der Waals surface area contributed by atoms with Crippen LogP contribution in [-0.2, 0) is 11.2 Å². The molecule has 0 heterocycles. The third-order valence-electron chi connectivity index (χ3n) is 2.35. The summed E-state index contributed by atoms with van der Waals surface area (Å²) in [6.07, 6.45) is -4.24. The largest absolute Gasteiger partial charge is 0.390 e. The zero-order valence-electron chi connectivity index (χ0n) is 9.43. The van der Waals surface area contributed by atoms with Crippen LogP contribution in [0.5, 0.6) is 0 Å². The average Bonchev–Trinajstić information content (AvgIpc) is 2.24. The number of rotatable bonds is 5. The molecular formula is C12H14BrF3O. The van der Waals surface area contributed by atoms with Crippen molar-refractivity contribution in [2.24, 2.45) is 0 Å². The van der Waals surface area contributed by atoms with Gasteiger partial charge in [-0.15, -0.1) is 0 Å². The van der Waals surface area contributed by atoms with E-state index < -0.39 is 17.4 Å². The fourth-order valence-electron chi connectivity index (χ4n) is 1.43. The first-order valence-corrected chi connectivity index (χ1v) is 6.12. The van der Waals surface area contributed by atoms with Crippen LogP contribution in [0.1, 0.15) is 22.4 Å². The molecule has 0 saturated carbocycles. The minimum atomic E-state index is -4.15. The number of methoxy groups -OCH3 is 1. The van der Waals surface area contributed by atoms with Crippen LogP contribution in [0.25, 0.3) is 0 Å². The van der Waals surface area contributed by atoms with Crippen LogP contribution in [0.4, 0.5) is 13.2 Å². The van der Waals surface area contributed by atoms with Crippen LogP contribution < -0.4 is 0 Å². The van der Waals surface area contributed by atoms with E-state index in [9.17, 15) is 13.2 Å². The number of hydrogen-bond donors (Lipinski definition) is 0. The normalized spacial score (nSPS) is 13.7. The van der Waals surface area contributed by atoms with Crippen LogP contribution in [0, 0.1) is 0 Å². The Bertz CT molecular complexity index is 335. The minimum Gasteiger partial charge on any atom is -0.384 e. The average molecular weight is 311 g/mol. The minimum absolute atomic E-state index is 0.611. The van der Waals surface area contributed by atoms with Crippen molar-refractivity contribution in [3.63, 3.8) is 0 Å². The number of alkyl halides is 4. The first kappa shape index (κ1) is 14.5. The molecule has 0 spiro atoms. The molecule has 0 aromatic heterocycles. The Balaban J connectivity index is 2.60. The van der Waals surface area contributed by atoms with Crippen LogP contribution in [0.15, 0.2) is 24.3 Å². The number of hydrogen-bond acceptors (Lipinski definition) is 1. The molecule has 0 aliphatic carbocycles. The fraction of sp³-hybridized carbons (Fsp3) is 0.500. The molecule has 0 amide bonds. The van der Waals surface area contributed by atoms with Gasteiger partial charge in [0.2, 0.25) is 0 Å². The third kappa shape index (κ3) is 5.55. The summed E-state index contributed by atoms with van der Waals surface area (Å²) in [5.74, 6) is 0. The van der Waals surface area contributed by atoms with Crippen molar-refractivity contribution < 1.29 is 17.9 Å². The molecule has 0 aliphatic heterocycles. The Morgan fingerprint density at radius 1 is 1.24 bits per heavy atom. The van der Waals surface area contributed by atoms with E-state index in [1.807, 2.05) is 12.1 Å². The first-order valence-electron chi connectivity index (χ1n) is 5.21. The van der Waals surface area contributed by atoms with Gasteiger partial charge in [0.1, 0.15) is 0 Å². The van der Waals surface area contributed by atoms with Crippen LogP contribution in [-0.4, -0.2) is 19.9 Å². The molecule has 17 heavy (non-hydrogen) atoms. The molecular weight excluding hydrogens is 297 g/mol. The van der Waals surface area contributed by atoms with Gasteiger partial charge in [0.25, 0.3) is 0 Å². The maximum absolute atomic E-state index is 12.2. The molecule has 1 nitrogen and oxygen atoms in total. The molecule has 1 aromatic carbocycles. The molecule has 1 unspecified atom stereocenters. The maximum Gasteiger partial charge on any atom is 0.390 e. The highest BCUT2D eigenvalue weighted by atomic mass is 79.9. The van der Waals surface area contributed by atoms with E-state index in [0.29, 0.717) is 12.2 Å². The second kappa shape index (κ2) is 6.40. The third-order valence-corrected chi connectivity index (χ3v) is 3.20. The van der Waals surface area contributed by atoms with Crippen molar-refractivity contribution in [3.8, 4) is 0 Å². The van der Waals surface area contributed by atoms with Crippen LogP contribution in [0.3, 0.4) is 0 Å². The lowest BCUT2D eigenvalue weighted by Gasteiger charge is -2.13. The highest BCUT2D eigenvalue weighted by Gasteiger charge is 2.31. The van der Waals surface area contributed by atoms with E-state index in [1.54, 1.807) is 19.2 Å². The molecule has 1 atom stereocenters. The number of benzene rings is 1. The monoisotopic (exact) mass is 310 g/mol. The highest BCUT2D eigenvalue weighted by molar-refractivity contribution is 9.09. The van der Waals surface area contributed by atoms with Gasteiger partial charge in [0.05, 0.1) is 13.0 Å². The summed E-state index contributed by atoms with van der Waals surface area (Å²) in [6, 6.07) is 7.10. The van der Waals surface area contributed by atoms with Crippen LogP contribution in [0.2, 0.25) is 0 Å². The van der Waals surface area contributed by atoms with Gasteiger partial charge in [-0.3, -0.25) is 0 Å². The molecule has 5 heteroatoms. The van der Waals surface area contributed by atoms with Crippen molar-refractivity contribution in [2.75, 3.05) is 13.7 Å². The Morgan fingerprint density at radius 3 is 2.29 bits per heavy atom. The highest BCUT2D eigenvalue weighted by Crippen LogP contribution is 2.35. The molecule has 0 bridgehead atoms. The number of ether oxygens (including phenoxy) is 1. The summed E-state index contributed by atoms with van der Waals surface area (Å²) in [4.78, 5) is -0.682. The van der Waals surface area contributed by atoms with E-state index >= 15 is 0 Å². The Kier molecular flexibility index (Phi) is 5.46. The summed E-state index contributed by atoms with van der Waals surface area (Å²) in [5, 5.41) is 0. The first-order chi connectivity index (χ1) is 7.92. The topological polar surface area (TPSA) is 9.23 Å². The van der Waals surface area contributed by atoms with Crippen molar-refractivity contribution >= 4 is 15.9 Å². The second-order valence-corrected chi connectivity index (χ2v) is 4.88. The van der Waals surface area contributed by atoms with Crippen molar-refractivity contribution in [2.45, 2.75) is 23.8 Å². The van der Waals surface area contributed by atoms with Gasteiger partial charge in [-0.2, -0.15) is 13.2 Å². The van der Waals surface area contributed by atoms with Gasteiger partial charge in [-0.05, 0) is 17.5 Å². The SMILES string of the molecule is COCCc1ccc(C(Br)CC(F)(F)F)cc1. The van der Waals surface area contributed by atoms with E-state index in [2.05, 4.69) is 15.9 Å². The molecule has 0 fully saturated rings. The summed E-state index contributed by atoms with van der Waals surface area (Å²) in [7, 11) is 1.62. The second-order valence-electron chi connectivity index (χ2n) is 3.77. The standard InChI is InChI=1S/C12H14BrF3O/c1-17-7-6-9-2-4-10(5-3-9)11(13)8-12(14,15)16/h2-5,11H,6-8H2,1H3. The lowest BCUT2D eigenvalue weighted by Crippen LogP contribution is -2.10. The lowest BCUT2D eigenvalue weighted by atomic mass is 10.1. The zero-order chi connectivity index (χ0) is 12.9. The molecule has 0 saturated heterocycles. The fourth-order valence-corrected chi connectivity index (χ4v) is 2.11. The van der Waals surface area contributed by atoms with E-state index in [0.717, 1.165) is 12.0 Å². The smallest absolute Gasteiger partial charge is 0.384 e. The molecule has 96 valence electrons. The molecule has 1 rings (SSSR count). The van der Waals surface area contributed by atoms with Crippen molar-refractivity contribution in [1.82, 2.24) is 0 Å². The van der Waals surface area contributed by atoms with E-state index in [4.69, 9.17) is 4.74 Å². The summed E-state index contributed by atoms with van der Waals surface area (Å²) >= 11 is 3.05. The molecule has 0 radical (unpaired) electrons. The van der Waals surface area contributed by atoms with Crippen molar-refractivity contribution in [3.05, 3.63) is 35.4 Å². The van der Waals surface area contributed by atoms with E-state index in [-0.39, 0.29) is 0 Å². The van der Waals surface area contributed by atoms with Crippen molar-refractivity contribution in [1.29, 1.82) is 0 Å². The lowest BCUT2D eigenvalue weighted by molar-refractivity contribution is -0.134. The predicted molar refractivity (Wildman–Crippen MR) is 64.4 cm³/mol. The summed E-state index contributed by atoms with van der Waals surface area (Å²) < 4.78 is 41.5. The molecule has 0 N–H and O–H groups in total. The van der Waals surface area contributed by atoms with Gasteiger partial charge in [0, 0.05) is 11.9 Å². The van der Waals surface area contributed by atoms with Gasteiger partial charge >= 0.3 is 6.18 Å². The zero-order valence-corrected chi connectivity index (χ0v) is 11.0. The Hall–Kier alpha value is -0.550. The van der Waals surface area contributed by atoms with Crippen LogP contribution >= 0.6 is 15.9 Å². The van der Waals surface area contributed by atoms with E-state index in [1.165, 1.54) is 0 Å². The van der Waals surface area contributed by atoms with Gasteiger partial charge < -0.3 is 4.74 Å². The Morgan fingerprint density at radius 2 is 1.82 bits per heavy atom. The van der Waals surface area contributed by atoms with Gasteiger partial charge in [-0.25, -0.2) is 0 Å².